The lowest BCUT2D eigenvalue weighted by atomic mass is 10.1. The topological polar surface area (TPSA) is 80.4 Å². The van der Waals surface area contributed by atoms with Gasteiger partial charge in [-0.15, -0.1) is 0 Å². The van der Waals surface area contributed by atoms with E-state index in [0.29, 0.717) is 12.2 Å². The van der Waals surface area contributed by atoms with Crippen LogP contribution < -0.4 is 10.9 Å². The number of ether oxygens (including phenoxy) is 2. The largest absolute Gasteiger partial charge is 0.376 e. The molecule has 0 unspecified atom stereocenters. The van der Waals surface area contributed by atoms with E-state index in [-0.39, 0.29) is 24.1 Å². The summed E-state index contributed by atoms with van der Waals surface area (Å²) in [6, 6.07) is 1.89. The first-order valence-corrected chi connectivity index (χ1v) is 8.17. The maximum absolute atomic E-state index is 12.1. The summed E-state index contributed by atoms with van der Waals surface area (Å²) >= 11 is 0. The average Bonchev–Trinajstić information content (AvgIpc) is 2.52. The Hall–Kier alpha value is -1.66. The maximum Gasteiger partial charge on any atom is 0.253 e. The monoisotopic (exact) mass is 322 g/mol. The molecular weight excluding hydrogens is 296 g/mol. The van der Waals surface area contributed by atoms with Crippen molar-refractivity contribution in [3.05, 3.63) is 33.2 Å². The second-order valence-corrected chi connectivity index (χ2v) is 6.12. The Morgan fingerprint density at radius 3 is 2.91 bits per heavy atom. The number of amides is 1. The minimum atomic E-state index is -0.564. The molecule has 1 aromatic rings. The molecule has 2 N–H and O–H groups in total. The number of H-pyrrole nitrogens is 1. The number of carbonyl (C=O) groups excluding carboxylic acids is 1. The minimum Gasteiger partial charge on any atom is -0.376 e. The van der Waals surface area contributed by atoms with Crippen molar-refractivity contribution in [1.82, 2.24) is 10.3 Å². The molecule has 1 saturated heterocycles. The van der Waals surface area contributed by atoms with Crippen molar-refractivity contribution in [2.45, 2.75) is 58.8 Å². The molecule has 0 aromatic carbocycles. The van der Waals surface area contributed by atoms with Crippen LogP contribution in [0.1, 0.15) is 43.0 Å². The van der Waals surface area contributed by atoms with Crippen molar-refractivity contribution in [2.75, 3.05) is 13.2 Å². The van der Waals surface area contributed by atoms with Crippen LogP contribution in [0.3, 0.4) is 0 Å². The van der Waals surface area contributed by atoms with E-state index in [4.69, 9.17) is 9.47 Å². The molecule has 0 aliphatic carbocycles. The van der Waals surface area contributed by atoms with Crippen molar-refractivity contribution < 1.29 is 14.3 Å². The number of hydrogen-bond donors (Lipinski definition) is 2. The summed E-state index contributed by atoms with van der Waals surface area (Å²) in [4.78, 5) is 26.8. The van der Waals surface area contributed by atoms with Gasteiger partial charge in [0.25, 0.3) is 5.56 Å². The van der Waals surface area contributed by atoms with Crippen molar-refractivity contribution in [3.8, 4) is 0 Å². The van der Waals surface area contributed by atoms with Gasteiger partial charge in [0.1, 0.15) is 6.10 Å². The molecule has 2 atom stereocenters. The molecule has 23 heavy (non-hydrogen) atoms. The fourth-order valence-corrected chi connectivity index (χ4v) is 2.69. The third-order valence-corrected chi connectivity index (χ3v) is 4.11. The van der Waals surface area contributed by atoms with Gasteiger partial charge in [-0.3, -0.25) is 9.59 Å². The summed E-state index contributed by atoms with van der Waals surface area (Å²) in [6.07, 6.45) is 2.74. The normalized spacial score (nSPS) is 19.3. The first-order valence-electron chi connectivity index (χ1n) is 8.17. The molecule has 6 nitrogen and oxygen atoms in total. The van der Waals surface area contributed by atoms with Crippen LogP contribution in [0.2, 0.25) is 0 Å². The fraction of sp³-hybridized carbons (Fsp3) is 0.647. The maximum atomic E-state index is 12.1. The lowest BCUT2D eigenvalue weighted by Crippen LogP contribution is -2.37. The van der Waals surface area contributed by atoms with Crippen molar-refractivity contribution in [1.29, 1.82) is 0 Å². The molecule has 0 radical (unpaired) electrons. The SMILES string of the molecule is Cc1cc(C)c(CNC(=O)[C@H](C)OC[C@H]2CCCCO2)c(=O)[nH]1. The van der Waals surface area contributed by atoms with E-state index in [1.807, 2.05) is 19.9 Å². The average molecular weight is 322 g/mol. The van der Waals surface area contributed by atoms with Crippen LogP contribution >= 0.6 is 0 Å². The number of nitrogens with one attached hydrogen (secondary N) is 2. The number of aromatic amines is 1. The summed E-state index contributed by atoms with van der Waals surface area (Å²) in [5.41, 5.74) is 2.10. The van der Waals surface area contributed by atoms with Crippen molar-refractivity contribution in [3.63, 3.8) is 0 Å². The molecular formula is C17H26N2O4. The van der Waals surface area contributed by atoms with Gasteiger partial charge in [-0.1, -0.05) is 0 Å². The Bertz CT molecular complexity index is 591. The number of aromatic nitrogens is 1. The van der Waals surface area contributed by atoms with Gasteiger partial charge in [0.05, 0.1) is 12.7 Å². The van der Waals surface area contributed by atoms with Crippen LogP contribution in [0.15, 0.2) is 10.9 Å². The first kappa shape index (κ1) is 17.7. The fourth-order valence-electron chi connectivity index (χ4n) is 2.69. The van der Waals surface area contributed by atoms with Crippen LogP contribution in [0.4, 0.5) is 0 Å². The molecule has 1 fully saturated rings. The summed E-state index contributed by atoms with van der Waals surface area (Å²) < 4.78 is 11.2. The lowest BCUT2D eigenvalue weighted by molar-refractivity contribution is -0.135. The summed E-state index contributed by atoms with van der Waals surface area (Å²) in [7, 11) is 0. The molecule has 1 aliphatic rings. The standard InChI is InChI=1S/C17H26N2O4/c1-11-8-12(2)19-17(21)15(11)9-18-16(20)13(3)23-10-14-6-4-5-7-22-14/h8,13-14H,4-7,9-10H2,1-3H3,(H,18,20)(H,19,21)/t13-,14+/m0/s1. The predicted octanol–water partition coefficient (Wildman–Crippen LogP) is 1.58. The van der Waals surface area contributed by atoms with E-state index in [0.717, 1.165) is 37.1 Å². The van der Waals surface area contributed by atoms with E-state index >= 15 is 0 Å². The van der Waals surface area contributed by atoms with E-state index in [2.05, 4.69) is 10.3 Å². The van der Waals surface area contributed by atoms with Crippen LogP contribution in [0.25, 0.3) is 0 Å². The molecule has 0 spiro atoms. The number of pyridine rings is 1. The number of hydrogen-bond acceptors (Lipinski definition) is 4. The molecule has 2 rings (SSSR count). The van der Waals surface area contributed by atoms with Gasteiger partial charge >= 0.3 is 0 Å². The quantitative estimate of drug-likeness (QED) is 0.833. The molecule has 2 heterocycles. The predicted molar refractivity (Wildman–Crippen MR) is 87.4 cm³/mol. The van der Waals surface area contributed by atoms with E-state index < -0.39 is 6.10 Å². The Morgan fingerprint density at radius 1 is 1.48 bits per heavy atom. The lowest BCUT2D eigenvalue weighted by Gasteiger charge is -2.23. The number of carbonyl (C=O) groups is 1. The van der Waals surface area contributed by atoms with Crippen molar-refractivity contribution in [2.24, 2.45) is 0 Å². The Balaban J connectivity index is 1.81. The number of aryl methyl sites for hydroxylation is 2. The van der Waals surface area contributed by atoms with Gasteiger partial charge in [0.15, 0.2) is 0 Å². The Kier molecular flexibility index (Phi) is 6.36. The van der Waals surface area contributed by atoms with Gasteiger partial charge in [0, 0.05) is 24.4 Å². The molecule has 6 heteroatoms. The highest BCUT2D eigenvalue weighted by atomic mass is 16.5. The molecule has 0 bridgehead atoms. The second kappa shape index (κ2) is 8.26. The molecule has 1 aliphatic heterocycles. The van der Waals surface area contributed by atoms with Crippen LogP contribution in [-0.2, 0) is 20.8 Å². The zero-order chi connectivity index (χ0) is 16.8. The molecule has 128 valence electrons. The van der Waals surface area contributed by atoms with Crippen LogP contribution in [-0.4, -0.2) is 36.3 Å². The van der Waals surface area contributed by atoms with Gasteiger partial charge in [-0.25, -0.2) is 0 Å². The highest BCUT2D eigenvalue weighted by Crippen LogP contribution is 2.13. The summed E-state index contributed by atoms with van der Waals surface area (Å²) in [6.45, 7) is 6.81. The van der Waals surface area contributed by atoms with E-state index in [1.54, 1.807) is 6.92 Å². The van der Waals surface area contributed by atoms with Gasteiger partial charge in [-0.2, -0.15) is 0 Å². The zero-order valence-electron chi connectivity index (χ0n) is 14.1. The van der Waals surface area contributed by atoms with Crippen LogP contribution in [0.5, 0.6) is 0 Å². The minimum absolute atomic E-state index is 0.0844. The Morgan fingerprint density at radius 2 is 2.26 bits per heavy atom. The Labute approximate surface area is 136 Å². The molecule has 1 amide bonds. The van der Waals surface area contributed by atoms with Gasteiger partial charge < -0.3 is 19.8 Å². The number of rotatable bonds is 6. The van der Waals surface area contributed by atoms with E-state index in [9.17, 15) is 9.59 Å². The third-order valence-electron chi connectivity index (χ3n) is 4.11. The molecule has 1 aromatic heterocycles. The third kappa shape index (κ3) is 5.18. The first-order chi connectivity index (χ1) is 11.0. The van der Waals surface area contributed by atoms with Crippen molar-refractivity contribution >= 4 is 5.91 Å². The second-order valence-electron chi connectivity index (χ2n) is 6.12. The summed E-state index contributed by atoms with van der Waals surface area (Å²) in [5, 5.41) is 2.76. The van der Waals surface area contributed by atoms with Crippen LogP contribution in [0, 0.1) is 13.8 Å². The highest BCUT2D eigenvalue weighted by Gasteiger charge is 2.19. The highest BCUT2D eigenvalue weighted by molar-refractivity contribution is 5.80. The summed E-state index contributed by atoms with van der Waals surface area (Å²) in [5.74, 6) is -0.222. The van der Waals surface area contributed by atoms with Gasteiger partial charge in [0.2, 0.25) is 5.91 Å². The van der Waals surface area contributed by atoms with Gasteiger partial charge in [-0.05, 0) is 51.7 Å². The smallest absolute Gasteiger partial charge is 0.253 e. The zero-order valence-corrected chi connectivity index (χ0v) is 14.1. The molecule has 0 saturated carbocycles. The van der Waals surface area contributed by atoms with E-state index in [1.165, 1.54) is 0 Å².